The normalized spacial score (nSPS) is 31.2. The lowest BCUT2D eigenvalue weighted by Gasteiger charge is -2.20. The number of nitriles is 2. The fourth-order valence-corrected chi connectivity index (χ4v) is 2.56. The molecule has 15 heavy (non-hydrogen) atoms. The van der Waals surface area contributed by atoms with Crippen LogP contribution in [-0.4, -0.2) is 23.9 Å². The van der Waals surface area contributed by atoms with Crippen LogP contribution in [0.1, 0.15) is 19.3 Å². The number of carbonyl (C=O) groups excluding carboxylic acids is 1. The largest absolute Gasteiger partial charge is 0.316 e. The number of hydrogen-bond acceptors (Lipinski definition) is 3. The van der Waals surface area contributed by atoms with E-state index in [4.69, 9.17) is 10.5 Å². The Morgan fingerprint density at radius 1 is 1.13 bits per heavy atom. The molecular weight excluding hydrogens is 190 g/mol. The Hall–Kier alpha value is -1.55. The number of rotatable bonds is 3. The first kappa shape index (κ1) is 9.98. The minimum atomic E-state index is 0.00491. The van der Waals surface area contributed by atoms with E-state index >= 15 is 0 Å². The molecular formula is C11H13N3O. The standard InChI is InChI=1S/C11H13N3O/c12-1-3-14(4-2-13)11(15)10-6-8-5-9(8)7-10/h8-10H,3-7H2. The SMILES string of the molecule is N#CCN(CC#N)C(=O)C1CC2CC2C1. The van der Waals surface area contributed by atoms with E-state index in [1.165, 1.54) is 11.3 Å². The second-order valence-electron chi connectivity index (χ2n) is 4.43. The van der Waals surface area contributed by atoms with E-state index in [0.29, 0.717) is 0 Å². The van der Waals surface area contributed by atoms with Gasteiger partial charge in [0.1, 0.15) is 13.1 Å². The molecule has 0 bridgehead atoms. The van der Waals surface area contributed by atoms with Gasteiger partial charge in [-0.15, -0.1) is 0 Å². The fourth-order valence-electron chi connectivity index (χ4n) is 2.56. The first-order chi connectivity index (χ1) is 7.26. The molecule has 0 spiro atoms. The molecule has 4 nitrogen and oxygen atoms in total. The van der Waals surface area contributed by atoms with Crippen LogP contribution in [-0.2, 0) is 4.79 Å². The van der Waals surface area contributed by atoms with Crippen LogP contribution in [0.2, 0.25) is 0 Å². The van der Waals surface area contributed by atoms with Crippen LogP contribution in [0.5, 0.6) is 0 Å². The molecule has 1 amide bonds. The fraction of sp³-hybridized carbons (Fsp3) is 0.727. The zero-order valence-electron chi connectivity index (χ0n) is 8.52. The quantitative estimate of drug-likeness (QED) is 0.640. The van der Waals surface area contributed by atoms with Crippen LogP contribution in [0, 0.1) is 40.4 Å². The van der Waals surface area contributed by atoms with Crippen molar-refractivity contribution in [2.24, 2.45) is 17.8 Å². The highest BCUT2D eigenvalue weighted by Gasteiger charge is 2.48. The van der Waals surface area contributed by atoms with E-state index < -0.39 is 0 Å². The van der Waals surface area contributed by atoms with Crippen molar-refractivity contribution in [2.75, 3.05) is 13.1 Å². The molecule has 0 aromatic carbocycles. The highest BCUT2D eigenvalue weighted by atomic mass is 16.2. The molecule has 0 heterocycles. The van der Waals surface area contributed by atoms with Gasteiger partial charge < -0.3 is 4.90 Å². The Kier molecular flexibility index (Phi) is 2.60. The van der Waals surface area contributed by atoms with Gasteiger partial charge >= 0.3 is 0 Å². The molecule has 2 saturated carbocycles. The van der Waals surface area contributed by atoms with E-state index in [-0.39, 0.29) is 24.9 Å². The van der Waals surface area contributed by atoms with Crippen LogP contribution < -0.4 is 0 Å². The predicted molar refractivity (Wildman–Crippen MR) is 52.1 cm³/mol. The third kappa shape index (κ3) is 1.94. The Balaban J connectivity index is 1.92. The highest BCUT2D eigenvalue weighted by molar-refractivity contribution is 5.79. The Morgan fingerprint density at radius 3 is 2.13 bits per heavy atom. The van der Waals surface area contributed by atoms with E-state index in [1.54, 1.807) is 0 Å². The molecule has 0 aliphatic heterocycles. The minimum absolute atomic E-state index is 0.00491. The first-order valence-corrected chi connectivity index (χ1v) is 5.29. The number of carbonyl (C=O) groups is 1. The molecule has 2 atom stereocenters. The van der Waals surface area contributed by atoms with E-state index in [1.807, 2.05) is 12.1 Å². The summed E-state index contributed by atoms with van der Waals surface area (Å²) in [5, 5.41) is 17.1. The average Bonchev–Trinajstić information content (AvgIpc) is 2.84. The zero-order valence-corrected chi connectivity index (χ0v) is 8.52. The number of hydrogen-bond donors (Lipinski definition) is 0. The summed E-state index contributed by atoms with van der Waals surface area (Å²) in [6.07, 6.45) is 3.22. The smallest absolute Gasteiger partial charge is 0.227 e. The maximum Gasteiger partial charge on any atom is 0.227 e. The van der Waals surface area contributed by atoms with Crippen LogP contribution >= 0.6 is 0 Å². The lowest BCUT2D eigenvalue weighted by atomic mass is 10.0. The van der Waals surface area contributed by atoms with Gasteiger partial charge in [0, 0.05) is 5.92 Å². The molecule has 78 valence electrons. The van der Waals surface area contributed by atoms with Crippen molar-refractivity contribution in [3.05, 3.63) is 0 Å². The summed E-state index contributed by atoms with van der Waals surface area (Å²) in [4.78, 5) is 13.3. The van der Waals surface area contributed by atoms with Crippen molar-refractivity contribution in [1.82, 2.24) is 4.90 Å². The summed E-state index contributed by atoms with van der Waals surface area (Å²) in [6.45, 7) is 0.0798. The second kappa shape index (κ2) is 3.90. The predicted octanol–water partition coefficient (Wildman–Crippen LogP) is 0.908. The van der Waals surface area contributed by atoms with Crippen LogP contribution in [0.25, 0.3) is 0 Å². The molecule has 2 aliphatic rings. The number of fused-ring (bicyclic) bond motifs is 1. The molecule has 0 aromatic rings. The summed E-state index contributed by atoms with van der Waals surface area (Å²) in [5.74, 6) is 1.59. The lowest BCUT2D eigenvalue weighted by Crippen LogP contribution is -2.36. The molecule has 4 heteroatoms. The minimum Gasteiger partial charge on any atom is -0.316 e. The van der Waals surface area contributed by atoms with Gasteiger partial charge in [-0.1, -0.05) is 0 Å². The van der Waals surface area contributed by atoms with Gasteiger partial charge in [0.2, 0.25) is 5.91 Å². The maximum atomic E-state index is 11.9. The van der Waals surface area contributed by atoms with Gasteiger partial charge in [-0.05, 0) is 31.1 Å². The topological polar surface area (TPSA) is 67.9 Å². The van der Waals surface area contributed by atoms with Crippen molar-refractivity contribution >= 4 is 5.91 Å². The monoisotopic (exact) mass is 203 g/mol. The Labute approximate surface area is 89.1 Å². The zero-order chi connectivity index (χ0) is 10.8. The van der Waals surface area contributed by atoms with Gasteiger partial charge in [-0.2, -0.15) is 10.5 Å². The molecule has 2 unspecified atom stereocenters. The molecule has 2 fully saturated rings. The van der Waals surface area contributed by atoms with Crippen molar-refractivity contribution in [3.63, 3.8) is 0 Å². The Morgan fingerprint density at radius 2 is 1.67 bits per heavy atom. The summed E-state index contributed by atoms with van der Waals surface area (Å²) < 4.78 is 0. The Bertz CT molecular complexity index is 326. The van der Waals surface area contributed by atoms with Crippen LogP contribution in [0.4, 0.5) is 0 Å². The van der Waals surface area contributed by atoms with Crippen molar-refractivity contribution in [3.8, 4) is 12.1 Å². The van der Waals surface area contributed by atoms with E-state index in [9.17, 15) is 4.79 Å². The molecule has 2 aliphatic carbocycles. The highest BCUT2D eigenvalue weighted by Crippen LogP contribution is 2.54. The van der Waals surface area contributed by atoms with Crippen molar-refractivity contribution < 1.29 is 4.79 Å². The molecule has 0 radical (unpaired) electrons. The molecule has 0 N–H and O–H groups in total. The number of amides is 1. The van der Waals surface area contributed by atoms with Gasteiger partial charge in [0.05, 0.1) is 12.1 Å². The molecule has 0 saturated heterocycles. The van der Waals surface area contributed by atoms with Crippen LogP contribution in [0.15, 0.2) is 0 Å². The maximum absolute atomic E-state index is 11.9. The summed E-state index contributed by atoms with van der Waals surface area (Å²) in [7, 11) is 0. The van der Waals surface area contributed by atoms with Crippen molar-refractivity contribution in [2.45, 2.75) is 19.3 Å². The van der Waals surface area contributed by atoms with Gasteiger partial charge in [0.25, 0.3) is 0 Å². The van der Waals surface area contributed by atoms with E-state index in [0.717, 1.165) is 24.7 Å². The summed E-state index contributed by atoms with van der Waals surface area (Å²) >= 11 is 0. The summed E-state index contributed by atoms with van der Waals surface area (Å²) in [6, 6.07) is 3.87. The molecule has 2 rings (SSSR count). The van der Waals surface area contributed by atoms with Gasteiger partial charge in [-0.3, -0.25) is 4.79 Å². The first-order valence-electron chi connectivity index (χ1n) is 5.29. The summed E-state index contributed by atoms with van der Waals surface area (Å²) in [5.41, 5.74) is 0. The third-order valence-electron chi connectivity index (χ3n) is 3.43. The van der Waals surface area contributed by atoms with E-state index in [2.05, 4.69) is 0 Å². The number of nitrogens with zero attached hydrogens (tertiary/aromatic N) is 3. The average molecular weight is 203 g/mol. The lowest BCUT2D eigenvalue weighted by molar-refractivity contribution is -0.134. The third-order valence-corrected chi connectivity index (χ3v) is 3.43. The molecule has 0 aromatic heterocycles. The van der Waals surface area contributed by atoms with Gasteiger partial charge in [0.15, 0.2) is 0 Å². The second-order valence-corrected chi connectivity index (χ2v) is 4.43. The van der Waals surface area contributed by atoms with Crippen LogP contribution in [0.3, 0.4) is 0 Å². The van der Waals surface area contributed by atoms with Gasteiger partial charge in [-0.25, -0.2) is 0 Å². The van der Waals surface area contributed by atoms with Crippen molar-refractivity contribution in [1.29, 1.82) is 10.5 Å².